The molecule has 0 amide bonds. The number of hydrogen-bond donors (Lipinski definition) is 0. The average molecular weight is 276 g/mol. The molecule has 0 aromatic heterocycles. The van der Waals surface area contributed by atoms with Gasteiger partial charge < -0.3 is 14.2 Å². The number of hydrogen-bond acceptors (Lipinski definition) is 5. The second kappa shape index (κ2) is 5.36. The third kappa shape index (κ3) is 2.05. The lowest BCUT2D eigenvalue weighted by molar-refractivity contribution is -0.181. The van der Waals surface area contributed by atoms with Gasteiger partial charge >= 0.3 is 17.5 Å². The van der Waals surface area contributed by atoms with Gasteiger partial charge in [0.15, 0.2) is 0 Å². The van der Waals surface area contributed by atoms with Gasteiger partial charge in [0.2, 0.25) is 0 Å². The van der Waals surface area contributed by atoms with Gasteiger partial charge in [0.25, 0.3) is 0 Å². The predicted molar refractivity (Wildman–Crippen MR) is 70.8 cm³/mol. The Morgan fingerprint density at radius 3 is 2.15 bits per heavy atom. The molecule has 5 heteroatoms. The van der Waals surface area contributed by atoms with Crippen molar-refractivity contribution >= 4 is 11.9 Å². The summed E-state index contributed by atoms with van der Waals surface area (Å²) >= 11 is 0. The summed E-state index contributed by atoms with van der Waals surface area (Å²) in [5.41, 5.74) is -1.03. The summed E-state index contributed by atoms with van der Waals surface area (Å²) in [5, 5.41) is 0. The quantitative estimate of drug-likeness (QED) is 0.622. The lowest BCUT2D eigenvalue weighted by atomic mass is 9.83. The number of rotatable bonds is 3. The monoisotopic (exact) mass is 276 g/mol. The van der Waals surface area contributed by atoms with E-state index in [0.29, 0.717) is 5.76 Å². The lowest BCUT2D eigenvalue weighted by Gasteiger charge is -2.29. The van der Waals surface area contributed by atoms with Crippen molar-refractivity contribution in [3.63, 3.8) is 0 Å². The number of esters is 2. The van der Waals surface area contributed by atoms with Gasteiger partial charge in [-0.25, -0.2) is 9.59 Å². The molecule has 2 rings (SSSR count). The molecule has 0 fully saturated rings. The van der Waals surface area contributed by atoms with Gasteiger partial charge in [-0.15, -0.1) is 0 Å². The SMILES string of the molecule is COC(=O)C1(C(=O)OC)OC(C)=CC1c1ccccc1. The zero-order chi connectivity index (χ0) is 14.8. The summed E-state index contributed by atoms with van der Waals surface area (Å²) in [6.07, 6.45) is 1.73. The van der Waals surface area contributed by atoms with Crippen LogP contribution < -0.4 is 0 Å². The van der Waals surface area contributed by atoms with Crippen LogP contribution in [-0.2, 0) is 23.8 Å². The molecule has 20 heavy (non-hydrogen) atoms. The minimum Gasteiger partial charge on any atom is -0.468 e. The van der Waals surface area contributed by atoms with Crippen molar-refractivity contribution in [2.75, 3.05) is 14.2 Å². The molecule has 1 aliphatic heterocycles. The molecule has 0 spiro atoms. The molecule has 1 aliphatic rings. The highest BCUT2D eigenvalue weighted by Gasteiger charge is 2.60. The first-order valence-corrected chi connectivity index (χ1v) is 6.15. The van der Waals surface area contributed by atoms with Crippen LogP contribution in [0.15, 0.2) is 42.2 Å². The number of carbonyl (C=O) groups is 2. The van der Waals surface area contributed by atoms with E-state index in [1.165, 1.54) is 14.2 Å². The van der Waals surface area contributed by atoms with Crippen LogP contribution in [0.2, 0.25) is 0 Å². The Balaban J connectivity index is 2.55. The average Bonchev–Trinajstić information content (AvgIpc) is 2.85. The van der Waals surface area contributed by atoms with Crippen molar-refractivity contribution in [3.8, 4) is 0 Å². The maximum Gasteiger partial charge on any atom is 0.363 e. The molecule has 0 saturated carbocycles. The molecule has 106 valence electrons. The van der Waals surface area contributed by atoms with Gasteiger partial charge in [-0.3, -0.25) is 0 Å². The third-order valence-corrected chi connectivity index (χ3v) is 3.30. The van der Waals surface area contributed by atoms with Crippen LogP contribution in [0, 0.1) is 0 Å². The van der Waals surface area contributed by atoms with Crippen molar-refractivity contribution in [1.82, 2.24) is 0 Å². The topological polar surface area (TPSA) is 61.8 Å². The molecule has 1 heterocycles. The summed E-state index contributed by atoms with van der Waals surface area (Å²) in [7, 11) is 2.43. The Morgan fingerprint density at radius 1 is 1.10 bits per heavy atom. The summed E-state index contributed by atoms with van der Waals surface area (Å²) in [6.45, 7) is 1.68. The van der Waals surface area contributed by atoms with Crippen LogP contribution >= 0.6 is 0 Å². The molecule has 0 aliphatic carbocycles. The van der Waals surface area contributed by atoms with E-state index in [2.05, 4.69) is 0 Å². The molecule has 1 unspecified atom stereocenters. The molecule has 0 saturated heterocycles. The predicted octanol–water partition coefficient (Wildman–Crippen LogP) is 1.79. The van der Waals surface area contributed by atoms with E-state index in [9.17, 15) is 9.59 Å². The van der Waals surface area contributed by atoms with Crippen molar-refractivity contribution in [3.05, 3.63) is 47.7 Å². The van der Waals surface area contributed by atoms with Gasteiger partial charge in [0.05, 0.1) is 25.9 Å². The Kier molecular flexibility index (Phi) is 3.79. The van der Waals surface area contributed by atoms with Crippen molar-refractivity contribution < 1.29 is 23.8 Å². The first-order valence-electron chi connectivity index (χ1n) is 6.15. The van der Waals surface area contributed by atoms with Gasteiger partial charge in [-0.2, -0.15) is 0 Å². The molecule has 0 bridgehead atoms. The summed E-state index contributed by atoms with van der Waals surface area (Å²) in [4.78, 5) is 24.4. The Bertz CT molecular complexity index is 531. The van der Waals surface area contributed by atoms with Crippen molar-refractivity contribution in [2.45, 2.75) is 18.4 Å². The Labute approximate surface area is 117 Å². The largest absolute Gasteiger partial charge is 0.468 e. The van der Waals surface area contributed by atoms with E-state index in [0.717, 1.165) is 5.56 Å². The molecule has 1 atom stereocenters. The Morgan fingerprint density at radius 2 is 1.65 bits per heavy atom. The zero-order valence-corrected chi connectivity index (χ0v) is 11.6. The van der Waals surface area contributed by atoms with Gasteiger partial charge in [0, 0.05) is 0 Å². The normalized spacial score (nSPS) is 19.8. The summed E-state index contributed by atoms with van der Waals surface area (Å²) in [5.74, 6) is -1.64. The van der Waals surface area contributed by atoms with E-state index in [4.69, 9.17) is 14.2 Å². The number of carbonyl (C=O) groups excluding carboxylic acids is 2. The number of ether oxygens (including phenoxy) is 3. The van der Waals surface area contributed by atoms with Gasteiger partial charge in [-0.1, -0.05) is 30.3 Å². The van der Waals surface area contributed by atoms with Gasteiger partial charge in [-0.05, 0) is 18.6 Å². The fourth-order valence-electron chi connectivity index (χ4n) is 2.42. The highest BCUT2D eigenvalue weighted by atomic mass is 16.6. The first kappa shape index (κ1) is 14.1. The van der Waals surface area contributed by atoms with Crippen LogP contribution in [0.3, 0.4) is 0 Å². The molecule has 0 N–H and O–H groups in total. The zero-order valence-electron chi connectivity index (χ0n) is 11.6. The minimum absolute atomic E-state index is 0.481. The van der Waals surface area contributed by atoms with Crippen LogP contribution in [-0.4, -0.2) is 31.8 Å². The second-order valence-corrected chi connectivity index (χ2v) is 4.49. The Hall–Kier alpha value is -2.30. The van der Waals surface area contributed by atoms with Crippen molar-refractivity contribution in [2.24, 2.45) is 0 Å². The standard InChI is InChI=1S/C15H16O5/c1-10-9-12(11-7-5-4-6-8-11)15(20-10,13(16)18-2)14(17)19-3/h4-9,12H,1-3H3. The number of methoxy groups -OCH3 is 2. The number of allylic oxidation sites excluding steroid dienone is 1. The van der Waals surface area contributed by atoms with E-state index >= 15 is 0 Å². The minimum atomic E-state index is -1.81. The summed E-state index contributed by atoms with van der Waals surface area (Å²) in [6, 6.07) is 9.16. The van der Waals surface area contributed by atoms with Crippen LogP contribution in [0.25, 0.3) is 0 Å². The van der Waals surface area contributed by atoms with E-state index in [1.807, 2.05) is 30.3 Å². The van der Waals surface area contributed by atoms with Crippen LogP contribution in [0.1, 0.15) is 18.4 Å². The van der Waals surface area contributed by atoms with E-state index in [1.54, 1.807) is 13.0 Å². The maximum absolute atomic E-state index is 12.2. The molecule has 0 radical (unpaired) electrons. The molecular weight excluding hydrogens is 260 g/mol. The van der Waals surface area contributed by atoms with Crippen LogP contribution in [0.4, 0.5) is 0 Å². The first-order chi connectivity index (χ1) is 9.56. The van der Waals surface area contributed by atoms with E-state index < -0.39 is 23.5 Å². The van der Waals surface area contributed by atoms with Gasteiger partial charge in [0.1, 0.15) is 0 Å². The third-order valence-electron chi connectivity index (χ3n) is 3.30. The second-order valence-electron chi connectivity index (χ2n) is 4.49. The number of benzene rings is 1. The van der Waals surface area contributed by atoms with Crippen molar-refractivity contribution in [1.29, 1.82) is 0 Å². The molecule has 5 nitrogen and oxygen atoms in total. The fourth-order valence-corrected chi connectivity index (χ4v) is 2.42. The molecular formula is C15H16O5. The maximum atomic E-state index is 12.2. The molecule has 1 aromatic carbocycles. The fraction of sp³-hybridized carbons (Fsp3) is 0.333. The molecule has 1 aromatic rings. The smallest absolute Gasteiger partial charge is 0.363 e. The highest BCUT2D eigenvalue weighted by Crippen LogP contribution is 2.42. The van der Waals surface area contributed by atoms with E-state index in [-0.39, 0.29) is 0 Å². The lowest BCUT2D eigenvalue weighted by Crippen LogP contribution is -2.52. The highest BCUT2D eigenvalue weighted by molar-refractivity contribution is 6.06. The summed E-state index contributed by atoms with van der Waals surface area (Å²) < 4.78 is 15.1. The van der Waals surface area contributed by atoms with Crippen LogP contribution in [0.5, 0.6) is 0 Å².